The van der Waals surface area contributed by atoms with E-state index in [2.05, 4.69) is 5.32 Å². The third-order valence-electron chi connectivity index (χ3n) is 3.80. The zero-order valence-electron chi connectivity index (χ0n) is 11.1. The fourth-order valence-electron chi connectivity index (χ4n) is 2.61. The summed E-state index contributed by atoms with van der Waals surface area (Å²) in [6.45, 7) is 0.369. The Morgan fingerprint density at radius 1 is 1.25 bits per heavy atom. The first kappa shape index (κ1) is 14.5. The summed E-state index contributed by atoms with van der Waals surface area (Å²) in [5.74, 6) is -1.85. The van der Waals surface area contributed by atoms with Gasteiger partial charge in [-0.25, -0.2) is 4.39 Å². The second-order valence-electron chi connectivity index (χ2n) is 5.18. The van der Waals surface area contributed by atoms with Crippen LogP contribution in [0.15, 0.2) is 24.3 Å². The largest absolute Gasteiger partial charge is 0.481 e. The Hall–Kier alpha value is -1.91. The summed E-state index contributed by atoms with van der Waals surface area (Å²) in [4.78, 5) is 22.7. The van der Waals surface area contributed by atoms with Crippen molar-refractivity contribution >= 4 is 11.9 Å². The van der Waals surface area contributed by atoms with Gasteiger partial charge in [-0.15, -0.1) is 0 Å². The third kappa shape index (κ3) is 3.56. The van der Waals surface area contributed by atoms with Crippen LogP contribution in [-0.2, 0) is 16.0 Å². The van der Waals surface area contributed by atoms with Crippen LogP contribution in [0.5, 0.6) is 0 Å². The van der Waals surface area contributed by atoms with Crippen LogP contribution < -0.4 is 5.32 Å². The van der Waals surface area contributed by atoms with Gasteiger partial charge in [-0.05, 0) is 37.3 Å². The smallest absolute Gasteiger partial charge is 0.306 e. The van der Waals surface area contributed by atoms with Gasteiger partial charge in [-0.3, -0.25) is 9.59 Å². The Labute approximate surface area is 117 Å². The Kier molecular flexibility index (Phi) is 4.71. The lowest BCUT2D eigenvalue weighted by Crippen LogP contribution is -2.31. The molecule has 1 amide bonds. The van der Waals surface area contributed by atoms with E-state index in [1.807, 2.05) is 0 Å². The lowest BCUT2D eigenvalue weighted by Gasteiger charge is -2.11. The fraction of sp³-hybridized carbons (Fsp3) is 0.467. The molecule has 20 heavy (non-hydrogen) atoms. The van der Waals surface area contributed by atoms with Crippen molar-refractivity contribution in [2.24, 2.45) is 11.8 Å². The van der Waals surface area contributed by atoms with Gasteiger partial charge in [0.05, 0.1) is 5.92 Å². The van der Waals surface area contributed by atoms with E-state index in [1.54, 1.807) is 18.2 Å². The number of rotatable bonds is 5. The average molecular weight is 279 g/mol. The molecular weight excluding hydrogens is 261 g/mol. The topological polar surface area (TPSA) is 66.4 Å². The highest BCUT2D eigenvalue weighted by Gasteiger charge is 2.33. The predicted octanol–water partition coefficient (Wildman–Crippen LogP) is 1.99. The minimum Gasteiger partial charge on any atom is -0.481 e. The highest BCUT2D eigenvalue weighted by Crippen LogP contribution is 2.31. The maximum atomic E-state index is 13.4. The first-order valence-corrected chi connectivity index (χ1v) is 6.82. The minimum absolute atomic E-state index is 0.120. The van der Waals surface area contributed by atoms with Gasteiger partial charge in [0.1, 0.15) is 5.82 Å². The van der Waals surface area contributed by atoms with E-state index in [-0.39, 0.29) is 17.6 Å². The van der Waals surface area contributed by atoms with Crippen LogP contribution in [-0.4, -0.2) is 23.5 Å². The zero-order chi connectivity index (χ0) is 14.5. The van der Waals surface area contributed by atoms with Gasteiger partial charge in [0.2, 0.25) is 5.91 Å². The number of carboxylic acid groups (broad SMARTS) is 1. The van der Waals surface area contributed by atoms with E-state index in [1.165, 1.54) is 6.07 Å². The van der Waals surface area contributed by atoms with Gasteiger partial charge in [0, 0.05) is 12.5 Å². The quantitative estimate of drug-likeness (QED) is 0.866. The molecule has 108 valence electrons. The summed E-state index contributed by atoms with van der Waals surface area (Å²) in [6.07, 6.45) is 2.01. The number of nitrogens with one attached hydrogen (secondary N) is 1. The zero-order valence-corrected chi connectivity index (χ0v) is 11.1. The first-order valence-electron chi connectivity index (χ1n) is 6.82. The minimum atomic E-state index is -0.827. The molecule has 1 aromatic rings. The molecule has 1 aliphatic carbocycles. The number of benzene rings is 1. The van der Waals surface area contributed by atoms with Crippen molar-refractivity contribution in [2.45, 2.75) is 25.7 Å². The van der Waals surface area contributed by atoms with Crippen molar-refractivity contribution in [1.29, 1.82) is 0 Å². The lowest BCUT2D eigenvalue weighted by molar-refractivity contribution is -0.141. The monoisotopic (exact) mass is 279 g/mol. The summed E-state index contributed by atoms with van der Waals surface area (Å²) in [5.41, 5.74) is 0.572. The second-order valence-corrected chi connectivity index (χ2v) is 5.18. The molecule has 2 N–H and O–H groups in total. The molecule has 0 radical (unpaired) electrons. The molecule has 0 aromatic heterocycles. The SMILES string of the molecule is O=C(O)C1CCC(C(=O)NCCc2ccccc2F)C1. The van der Waals surface area contributed by atoms with Crippen molar-refractivity contribution in [3.63, 3.8) is 0 Å². The standard InChI is InChI=1S/C15H18FNO3/c16-13-4-2-1-3-10(13)7-8-17-14(18)11-5-6-12(9-11)15(19)20/h1-4,11-12H,5-9H2,(H,17,18)(H,19,20). The number of halogens is 1. The van der Waals surface area contributed by atoms with E-state index < -0.39 is 11.9 Å². The molecule has 2 atom stereocenters. The molecule has 0 spiro atoms. The van der Waals surface area contributed by atoms with Crippen LogP contribution in [0.25, 0.3) is 0 Å². The number of carbonyl (C=O) groups is 2. The van der Waals surface area contributed by atoms with Crippen LogP contribution >= 0.6 is 0 Å². The van der Waals surface area contributed by atoms with E-state index in [9.17, 15) is 14.0 Å². The van der Waals surface area contributed by atoms with Gasteiger partial charge >= 0.3 is 5.97 Å². The van der Waals surface area contributed by atoms with Crippen molar-refractivity contribution in [2.75, 3.05) is 6.54 Å². The molecule has 5 heteroatoms. The van der Waals surface area contributed by atoms with E-state index in [4.69, 9.17) is 5.11 Å². The average Bonchev–Trinajstić information content (AvgIpc) is 2.91. The lowest BCUT2D eigenvalue weighted by atomic mass is 10.0. The summed E-state index contributed by atoms with van der Waals surface area (Å²) < 4.78 is 13.4. The molecule has 0 aliphatic heterocycles. The molecule has 2 rings (SSSR count). The maximum absolute atomic E-state index is 13.4. The number of carbonyl (C=O) groups excluding carboxylic acids is 1. The molecule has 0 heterocycles. The molecule has 0 bridgehead atoms. The fourth-order valence-corrected chi connectivity index (χ4v) is 2.61. The van der Waals surface area contributed by atoms with Gasteiger partial charge in [-0.2, -0.15) is 0 Å². The maximum Gasteiger partial charge on any atom is 0.306 e. The van der Waals surface area contributed by atoms with E-state index in [0.717, 1.165) is 0 Å². The molecular formula is C15H18FNO3. The van der Waals surface area contributed by atoms with Gasteiger partial charge < -0.3 is 10.4 Å². The summed E-state index contributed by atoms with van der Waals surface area (Å²) in [6, 6.07) is 6.47. The van der Waals surface area contributed by atoms with Crippen molar-refractivity contribution in [1.82, 2.24) is 5.32 Å². The van der Waals surface area contributed by atoms with Gasteiger partial charge in [0.25, 0.3) is 0 Å². The van der Waals surface area contributed by atoms with Crippen LogP contribution in [0.3, 0.4) is 0 Å². The molecule has 2 unspecified atom stereocenters. The Morgan fingerprint density at radius 3 is 2.60 bits per heavy atom. The summed E-state index contributed by atoms with van der Waals surface area (Å²) >= 11 is 0. The number of amides is 1. The molecule has 1 saturated carbocycles. The second kappa shape index (κ2) is 6.50. The number of carboxylic acids is 1. The van der Waals surface area contributed by atoms with Gasteiger partial charge in [-0.1, -0.05) is 18.2 Å². The Balaban J connectivity index is 1.76. The molecule has 1 fully saturated rings. The predicted molar refractivity (Wildman–Crippen MR) is 71.6 cm³/mol. The number of hydrogen-bond acceptors (Lipinski definition) is 2. The van der Waals surface area contributed by atoms with Crippen molar-refractivity contribution in [3.8, 4) is 0 Å². The van der Waals surface area contributed by atoms with Crippen LogP contribution in [0.4, 0.5) is 4.39 Å². The highest BCUT2D eigenvalue weighted by atomic mass is 19.1. The van der Waals surface area contributed by atoms with Crippen LogP contribution in [0.2, 0.25) is 0 Å². The summed E-state index contributed by atoms with van der Waals surface area (Å²) in [5, 5.41) is 11.7. The Bertz CT molecular complexity index is 504. The van der Waals surface area contributed by atoms with E-state index >= 15 is 0 Å². The van der Waals surface area contributed by atoms with Crippen molar-refractivity contribution < 1.29 is 19.1 Å². The Morgan fingerprint density at radius 2 is 1.95 bits per heavy atom. The molecule has 0 saturated heterocycles. The van der Waals surface area contributed by atoms with Crippen LogP contribution in [0.1, 0.15) is 24.8 Å². The van der Waals surface area contributed by atoms with Gasteiger partial charge in [0.15, 0.2) is 0 Å². The third-order valence-corrected chi connectivity index (χ3v) is 3.80. The molecule has 1 aromatic carbocycles. The van der Waals surface area contributed by atoms with E-state index in [0.29, 0.717) is 37.8 Å². The number of aliphatic carboxylic acids is 1. The summed E-state index contributed by atoms with van der Waals surface area (Å²) in [7, 11) is 0. The highest BCUT2D eigenvalue weighted by molar-refractivity contribution is 5.80. The molecule has 4 nitrogen and oxygen atoms in total. The molecule has 1 aliphatic rings. The van der Waals surface area contributed by atoms with Crippen molar-refractivity contribution in [3.05, 3.63) is 35.6 Å². The van der Waals surface area contributed by atoms with Crippen LogP contribution in [0, 0.1) is 17.7 Å². The first-order chi connectivity index (χ1) is 9.58. The normalized spacial score (nSPS) is 21.6. The number of hydrogen-bond donors (Lipinski definition) is 2.